The van der Waals surface area contributed by atoms with Crippen molar-refractivity contribution in [2.45, 2.75) is 19.3 Å². The molecule has 0 saturated heterocycles. The zero-order valence-electron chi connectivity index (χ0n) is 13.8. The molecule has 8 nitrogen and oxygen atoms in total. The maximum absolute atomic E-state index is 12.1. The van der Waals surface area contributed by atoms with Crippen LogP contribution >= 0.6 is 11.3 Å². The van der Waals surface area contributed by atoms with Gasteiger partial charge in [-0.05, 0) is 25.0 Å². The van der Waals surface area contributed by atoms with Crippen molar-refractivity contribution >= 4 is 46.4 Å². The molecule has 26 heavy (non-hydrogen) atoms. The Morgan fingerprint density at radius 1 is 1.31 bits per heavy atom. The van der Waals surface area contributed by atoms with Crippen LogP contribution in [-0.2, 0) is 16.0 Å². The van der Waals surface area contributed by atoms with Crippen molar-refractivity contribution in [2.24, 2.45) is 0 Å². The minimum absolute atomic E-state index is 0.0874. The third-order valence-electron chi connectivity index (χ3n) is 3.73. The summed E-state index contributed by atoms with van der Waals surface area (Å²) in [6, 6.07) is 7.26. The molecule has 4 N–H and O–H groups in total. The number of carbonyl (C=O) groups excluding carboxylic acids is 2. The number of nitrogens with one attached hydrogen (secondary N) is 2. The van der Waals surface area contributed by atoms with E-state index in [4.69, 9.17) is 4.42 Å². The number of aromatic nitrogens is 1. The van der Waals surface area contributed by atoms with E-state index < -0.39 is 24.9 Å². The third-order valence-corrected chi connectivity index (χ3v) is 4.55. The zero-order valence-corrected chi connectivity index (χ0v) is 14.6. The van der Waals surface area contributed by atoms with Crippen LogP contribution in [-0.4, -0.2) is 39.9 Å². The summed E-state index contributed by atoms with van der Waals surface area (Å²) < 4.78 is 5.40. The summed E-state index contributed by atoms with van der Waals surface area (Å²) in [5, 5.41) is 24.9. The van der Waals surface area contributed by atoms with Gasteiger partial charge in [-0.15, -0.1) is 11.3 Å². The van der Waals surface area contributed by atoms with Crippen LogP contribution < -0.4 is 10.6 Å². The molecule has 1 aromatic carbocycles. The molecular weight excluding hydrogens is 357 g/mol. The van der Waals surface area contributed by atoms with Crippen LogP contribution in [0.5, 0.6) is 0 Å². The predicted octanol–water partition coefficient (Wildman–Crippen LogP) is 0.876. The van der Waals surface area contributed by atoms with Gasteiger partial charge in [0.05, 0.1) is 12.2 Å². The zero-order chi connectivity index (χ0) is 18.7. The minimum Gasteiger partial charge on any atom is -0.464 e. The molecule has 3 rings (SSSR count). The fourth-order valence-corrected chi connectivity index (χ4v) is 3.12. The number of para-hydroxylation sites is 1. The molecule has 2 heterocycles. The molecule has 0 fully saturated rings. The van der Waals surface area contributed by atoms with Gasteiger partial charge in [-0.1, -0.05) is 18.2 Å². The van der Waals surface area contributed by atoms with Gasteiger partial charge in [-0.25, -0.2) is 4.98 Å². The van der Waals surface area contributed by atoms with Crippen LogP contribution in [0.3, 0.4) is 0 Å². The first-order valence-corrected chi connectivity index (χ1v) is 8.61. The van der Waals surface area contributed by atoms with E-state index >= 15 is 0 Å². The number of thiazole rings is 1. The number of carbonyl (C=O) groups is 2. The van der Waals surface area contributed by atoms with Gasteiger partial charge in [0.15, 0.2) is 5.13 Å². The molecule has 2 aromatic heterocycles. The lowest BCUT2D eigenvalue weighted by molar-refractivity contribution is -0.136. The first-order valence-electron chi connectivity index (χ1n) is 7.79. The van der Waals surface area contributed by atoms with Crippen molar-refractivity contribution < 1.29 is 24.1 Å². The average Bonchev–Trinajstić information content (AvgIpc) is 3.20. The van der Waals surface area contributed by atoms with Gasteiger partial charge in [0.25, 0.3) is 0 Å². The second-order valence-corrected chi connectivity index (χ2v) is 6.92. The summed E-state index contributed by atoms with van der Waals surface area (Å²) >= 11 is 1.23. The summed E-state index contributed by atoms with van der Waals surface area (Å²) in [7, 11) is -1.84. The van der Waals surface area contributed by atoms with Crippen molar-refractivity contribution in [1.82, 2.24) is 10.3 Å². The lowest BCUT2D eigenvalue weighted by Gasteiger charge is -2.16. The number of aryl methyl sites for hydroxylation is 1. The van der Waals surface area contributed by atoms with Gasteiger partial charge in [0.2, 0.25) is 0 Å². The molecular formula is C16H16BN3O5S. The molecule has 0 aliphatic rings. The molecule has 10 heteroatoms. The van der Waals surface area contributed by atoms with Crippen molar-refractivity contribution in [1.29, 1.82) is 0 Å². The number of amides is 2. The highest BCUT2D eigenvalue weighted by molar-refractivity contribution is 7.15. The molecule has 0 spiro atoms. The van der Waals surface area contributed by atoms with Gasteiger partial charge in [0, 0.05) is 16.5 Å². The second kappa shape index (κ2) is 7.69. The van der Waals surface area contributed by atoms with Crippen molar-refractivity contribution in [3.63, 3.8) is 0 Å². The topological polar surface area (TPSA) is 125 Å². The van der Waals surface area contributed by atoms with E-state index in [9.17, 15) is 19.6 Å². The number of hydrogen-bond acceptors (Lipinski definition) is 7. The van der Waals surface area contributed by atoms with Crippen LogP contribution in [0.25, 0.3) is 11.0 Å². The number of rotatable bonds is 5. The Kier molecular flexibility index (Phi) is 5.36. The fourth-order valence-electron chi connectivity index (χ4n) is 2.46. The molecule has 0 aliphatic heterocycles. The fraction of sp³-hybridized carbons (Fsp3) is 0.188. The second-order valence-electron chi connectivity index (χ2n) is 5.68. The monoisotopic (exact) mass is 373 g/mol. The van der Waals surface area contributed by atoms with E-state index in [0.29, 0.717) is 16.3 Å². The number of benzene rings is 1. The van der Waals surface area contributed by atoms with E-state index in [1.165, 1.54) is 17.6 Å². The molecule has 0 aliphatic carbocycles. The Morgan fingerprint density at radius 2 is 2.08 bits per heavy atom. The molecule has 0 saturated carbocycles. The van der Waals surface area contributed by atoms with Crippen LogP contribution in [0.1, 0.15) is 10.4 Å². The highest BCUT2D eigenvalue weighted by Crippen LogP contribution is 2.22. The third kappa shape index (κ3) is 4.10. The molecule has 1 atom stereocenters. The molecule has 0 bridgehead atoms. The Balaban J connectivity index is 1.68. The largest absolute Gasteiger partial charge is 0.475 e. The molecule has 0 radical (unpaired) electrons. The smallest absolute Gasteiger partial charge is 0.464 e. The summed E-state index contributed by atoms with van der Waals surface area (Å²) in [4.78, 5) is 28.9. The summed E-state index contributed by atoms with van der Waals surface area (Å²) in [6.45, 7) is 1.82. The molecule has 2 amide bonds. The highest BCUT2D eigenvalue weighted by atomic mass is 32.1. The normalized spacial score (nSPS) is 12.0. The number of anilines is 1. The van der Waals surface area contributed by atoms with E-state index in [2.05, 4.69) is 15.6 Å². The summed E-state index contributed by atoms with van der Waals surface area (Å²) in [6.07, 6.45) is 3.15. The number of nitrogens with zero attached hydrogens (tertiary/aromatic N) is 1. The number of fused-ring (bicyclic) bond motifs is 1. The summed E-state index contributed by atoms with van der Waals surface area (Å²) in [5.74, 6) is -2.99. The SMILES string of the molecule is Cc1cnc(NC(=O)C(=O)NC(Cc2coc3ccccc23)B(O)O)s1. The predicted molar refractivity (Wildman–Crippen MR) is 97.5 cm³/mol. The van der Waals surface area contributed by atoms with Gasteiger partial charge in [-0.3, -0.25) is 14.9 Å². The van der Waals surface area contributed by atoms with Gasteiger partial charge < -0.3 is 19.8 Å². The van der Waals surface area contributed by atoms with Gasteiger partial charge in [-0.2, -0.15) is 0 Å². The van der Waals surface area contributed by atoms with E-state index in [1.807, 2.05) is 25.1 Å². The molecule has 1 unspecified atom stereocenters. The van der Waals surface area contributed by atoms with E-state index in [0.717, 1.165) is 10.3 Å². The van der Waals surface area contributed by atoms with Gasteiger partial charge >= 0.3 is 18.9 Å². The van der Waals surface area contributed by atoms with Crippen LogP contribution in [0.4, 0.5) is 5.13 Å². The first-order chi connectivity index (χ1) is 12.4. The quantitative estimate of drug-likeness (QED) is 0.389. The van der Waals surface area contributed by atoms with Crippen LogP contribution in [0.2, 0.25) is 0 Å². The minimum atomic E-state index is -1.84. The standard InChI is InChI=1S/C16H16BN3O5S/c1-9-7-18-16(26-9)20-15(22)14(21)19-13(17(23)24)6-10-8-25-12-5-3-2-4-11(10)12/h2-5,7-8,13,23-24H,6H2,1H3,(H,19,21)(H,18,20,22). The van der Waals surface area contributed by atoms with E-state index in [1.54, 1.807) is 12.3 Å². The number of hydrogen-bond donors (Lipinski definition) is 4. The van der Waals surface area contributed by atoms with Crippen LogP contribution in [0.15, 0.2) is 41.1 Å². The number of furan rings is 1. The lowest BCUT2D eigenvalue weighted by atomic mass is 9.76. The Labute approximate surface area is 153 Å². The maximum atomic E-state index is 12.1. The van der Waals surface area contributed by atoms with Crippen molar-refractivity contribution in [3.8, 4) is 0 Å². The highest BCUT2D eigenvalue weighted by Gasteiger charge is 2.29. The average molecular weight is 373 g/mol. The van der Waals surface area contributed by atoms with Gasteiger partial charge in [0.1, 0.15) is 5.58 Å². The van der Waals surface area contributed by atoms with E-state index in [-0.39, 0.29) is 6.42 Å². The lowest BCUT2D eigenvalue weighted by Crippen LogP contribution is -2.51. The molecule has 3 aromatic rings. The van der Waals surface area contributed by atoms with Crippen molar-refractivity contribution in [3.05, 3.63) is 47.2 Å². The Hall–Kier alpha value is -2.69. The molecule has 134 valence electrons. The maximum Gasteiger partial charge on any atom is 0.475 e. The summed E-state index contributed by atoms with van der Waals surface area (Å²) in [5.41, 5.74) is 1.34. The Morgan fingerprint density at radius 3 is 2.77 bits per heavy atom. The first kappa shape index (κ1) is 18.1. The van der Waals surface area contributed by atoms with Crippen LogP contribution in [0, 0.1) is 6.92 Å². The van der Waals surface area contributed by atoms with Crippen molar-refractivity contribution in [2.75, 3.05) is 5.32 Å². The Bertz CT molecular complexity index is 939.